The van der Waals surface area contributed by atoms with Crippen LogP contribution in [0, 0.1) is 0 Å². The van der Waals surface area contributed by atoms with Crippen LogP contribution < -0.4 is 5.73 Å². The number of rotatable bonds is 3. The van der Waals surface area contributed by atoms with Crippen LogP contribution in [0.2, 0.25) is 0 Å². The lowest BCUT2D eigenvalue weighted by molar-refractivity contribution is 0.0600. The van der Waals surface area contributed by atoms with Gasteiger partial charge >= 0.3 is 5.97 Å². The molecule has 15 heavy (non-hydrogen) atoms. The SMILES string of the molecule is COC(=O)c1ccc(CC2(N)CC2)nc1. The van der Waals surface area contributed by atoms with Gasteiger partial charge in [-0.15, -0.1) is 0 Å². The number of hydrogen-bond donors (Lipinski definition) is 1. The van der Waals surface area contributed by atoms with Gasteiger partial charge in [0.25, 0.3) is 0 Å². The molecular formula is C11H14N2O2. The quantitative estimate of drug-likeness (QED) is 0.746. The Morgan fingerprint density at radius 3 is 2.80 bits per heavy atom. The van der Waals surface area contributed by atoms with Crippen LogP contribution in [0.1, 0.15) is 28.9 Å². The highest BCUT2D eigenvalue weighted by Crippen LogP contribution is 2.34. The fraction of sp³-hybridized carbons (Fsp3) is 0.455. The lowest BCUT2D eigenvalue weighted by Crippen LogP contribution is -2.25. The van der Waals surface area contributed by atoms with Crippen LogP contribution in [0.4, 0.5) is 0 Å². The van der Waals surface area contributed by atoms with Gasteiger partial charge in [0.15, 0.2) is 0 Å². The van der Waals surface area contributed by atoms with E-state index in [2.05, 4.69) is 9.72 Å². The summed E-state index contributed by atoms with van der Waals surface area (Å²) in [4.78, 5) is 15.3. The molecule has 0 unspecified atom stereocenters. The normalized spacial score (nSPS) is 17.2. The smallest absolute Gasteiger partial charge is 0.339 e. The molecule has 0 saturated heterocycles. The number of pyridine rings is 1. The lowest BCUT2D eigenvalue weighted by Gasteiger charge is -2.07. The van der Waals surface area contributed by atoms with Gasteiger partial charge in [0, 0.05) is 23.9 Å². The van der Waals surface area contributed by atoms with Crippen molar-refractivity contribution in [3.8, 4) is 0 Å². The molecule has 0 radical (unpaired) electrons. The average Bonchev–Trinajstić information content (AvgIpc) is 2.96. The van der Waals surface area contributed by atoms with Gasteiger partial charge in [0.05, 0.1) is 12.7 Å². The van der Waals surface area contributed by atoms with E-state index in [-0.39, 0.29) is 11.5 Å². The number of esters is 1. The zero-order valence-corrected chi connectivity index (χ0v) is 8.69. The van der Waals surface area contributed by atoms with Crippen molar-refractivity contribution in [2.75, 3.05) is 7.11 Å². The second kappa shape index (κ2) is 3.62. The molecule has 1 aliphatic carbocycles. The van der Waals surface area contributed by atoms with Gasteiger partial charge in [0.2, 0.25) is 0 Å². The first-order chi connectivity index (χ1) is 7.13. The van der Waals surface area contributed by atoms with E-state index < -0.39 is 0 Å². The van der Waals surface area contributed by atoms with Gasteiger partial charge in [-0.2, -0.15) is 0 Å². The number of nitrogens with two attached hydrogens (primary N) is 1. The van der Waals surface area contributed by atoms with Crippen molar-refractivity contribution in [2.45, 2.75) is 24.8 Å². The predicted molar refractivity (Wildman–Crippen MR) is 55.4 cm³/mol. The maximum atomic E-state index is 11.1. The summed E-state index contributed by atoms with van der Waals surface area (Å²) < 4.78 is 4.59. The molecule has 1 aromatic heterocycles. The number of aromatic nitrogens is 1. The van der Waals surface area contributed by atoms with E-state index >= 15 is 0 Å². The lowest BCUT2D eigenvalue weighted by atomic mass is 10.1. The van der Waals surface area contributed by atoms with Crippen LogP contribution in [0.25, 0.3) is 0 Å². The van der Waals surface area contributed by atoms with Crippen LogP contribution in [-0.4, -0.2) is 23.6 Å². The summed E-state index contributed by atoms with van der Waals surface area (Å²) in [7, 11) is 1.36. The average molecular weight is 206 g/mol. The molecule has 0 amide bonds. The molecule has 0 aliphatic heterocycles. The number of hydrogen-bond acceptors (Lipinski definition) is 4. The minimum atomic E-state index is -0.358. The highest BCUT2D eigenvalue weighted by molar-refractivity contribution is 5.88. The molecule has 1 aliphatic rings. The van der Waals surface area contributed by atoms with Gasteiger partial charge in [-0.25, -0.2) is 4.79 Å². The summed E-state index contributed by atoms with van der Waals surface area (Å²) >= 11 is 0. The van der Waals surface area contributed by atoms with E-state index in [1.54, 1.807) is 6.07 Å². The molecule has 2 rings (SSSR count). The Kier molecular flexibility index (Phi) is 2.44. The van der Waals surface area contributed by atoms with Crippen molar-refractivity contribution in [3.63, 3.8) is 0 Å². The van der Waals surface area contributed by atoms with Crippen molar-refractivity contribution in [3.05, 3.63) is 29.6 Å². The van der Waals surface area contributed by atoms with E-state index in [1.807, 2.05) is 6.07 Å². The number of nitrogens with zero attached hydrogens (tertiary/aromatic N) is 1. The predicted octanol–water partition coefficient (Wildman–Crippen LogP) is 0.902. The Bertz CT molecular complexity index is 369. The molecule has 0 aromatic carbocycles. The minimum Gasteiger partial charge on any atom is -0.465 e. The molecule has 0 bridgehead atoms. The summed E-state index contributed by atoms with van der Waals surface area (Å²) in [6, 6.07) is 3.55. The zero-order chi connectivity index (χ0) is 10.9. The molecule has 1 fully saturated rings. The highest BCUT2D eigenvalue weighted by Gasteiger charge is 2.38. The van der Waals surface area contributed by atoms with Crippen molar-refractivity contribution in [1.29, 1.82) is 0 Å². The third kappa shape index (κ3) is 2.33. The molecular weight excluding hydrogens is 192 g/mol. The molecule has 0 atom stereocenters. The first-order valence-corrected chi connectivity index (χ1v) is 4.95. The van der Waals surface area contributed by atoms with Gasteiger partial charge in [0.1, 0.15) is 0 Å². The van der Waals surface area contributed by atoms with E-state index in [0.717, 1.165) is 25.0 Å². The Morgan fingerprint density at radius 1 is 1.60 bits per heavy atom. The fourth-order valence-electron chi connectivity index (χ4n) is 1.47. The maximum absolute atomic E-state index is 11.1. The molecule has 1 saturated carbocycles. The third-order valence-electron chi connectivity index (χ3n) is 2.67. The first kappa shape index (κ1) is 10.1. The fourth-order valence-corrected chi connectivity index (χ4v) is 1.47. The van der Waals surface area contributed by atoms with Crippen LogP contribution in [0.15, 0.2) is 18.3 Å². The molecule has 2 N–H and O–H groups in total. The van der Waals surface area contributed by atoms with Gasteiger partial charge in [-0.1, -0.05) is 0 Å². The van der Waals surface area contributed by atoms with Crippen molar-refractivity contribution in [1.82, 2.24) is 4.98 Å². The number of ether oxygens (including phenoxy) is 1. The number of methoxy groups -OCH3 is 1. The highest BCUT2D eigenvalue weighted by atomic mass is 16.5. The summed E-state index contributed by atoms with van der Waals surface area (Å²) in [5, 5.41) is 0. The van der Waals surface area contributed by atoms with Crippen LogP contribution in [0.5, 0.6) is 0 Å². The Hall–Kier alpha value is -1.42. The Balaban J connectivity index is 2.06. The molecule has 4 heteroatoms. The molecule has 1 aromatic rings. The molecule has 80 valence electrons. The van der Waals surface area contributed by atoms with Crippen molar-refractivity contribution in [2.24, 2.45) is 5.73 Å². The van der Waals surface area contributed by atoms with Crippen LogP contribution in [-0.2, 0) is 11.2 Å². The second-order valence-corrected chi connectivity index (χ2v) is 4.07. The first-order valence-electron chi connectivity index (χ1n) is 4.95. The second-order valence-electron chi connectivity index (χ2n) is 4.07. The zero-order valence-electron chi connectivity index (χ0n) is 8.69. The topological polar surface area (TPSA) is 65.2 Å². The Morgan fingerprint density at radius 2 is 2.33 bits per heavy atom. The van der Waals surface area contributed by atoms with Crippen LogP contribution in [0.3, 0.4) is 0 Å². The van der Waals surface area contributed by atoms with Crippen molar-refractivity contribution >= 4 is 5.97 Å². The Labute approximate surface area is 88.4 Å². The van der Waals surface area contributed by atoms with E-state index in [0.29, 0.717) is 5.56 Å². The van der Waals surface area contributed by atoms with Crippen molar-refractivity contribution < 1.29 is 9.53 Å². The summed E-state index contributed by atoms with van der Waals surface area (Å²) in [6.45, 7) is 0. The number of carbonyl (C=O) groups excluding carboxylic acids is 1. The standard InChI is InChI=1S/C11H14N2O2/c1-15-10(14)8-2-3-9(13-7-8)6-11(12)4-5-11/h2-3,7H,4-6,12H2,1H3. The maximum Gasteiger partial charge on any atom is 0.339 e. The van der Waals surface area contributed by atoms with Gasteiger partial charge in [-0.3, -0.25) is 4.98 Å². The summed E-state index contributed by atoms with van der Waals surface area (Å²) in [5.41, 5.74) is 7.34. The minimum absolute atomic E-state index is 0.0419. The molecule has 0 spiro atoms. The summed E-state index contributed by atoms with van der Waals surface area (Å²) in [6.07, 6.45) is 4.45. The monoisotopic (exact) mass is 206 g/mol. The largest absolute Gasteiger partial charge is 0.465 e. The molecule has 4 nitrogen and oxygen atoms in total. The number of carbonyl (C=O) groups is 1. The van der Waals surface area contributed by atoms with Gasteiger partial charge < -0.3 is 10.5 Å². The van der Waals surface area contributed by atoms with E-state index in [9.17, 15) is 4.79 Å². The third-order valence-corrected chi connectivity index (χ3v) is 2.67. The van der Waals surface area contributed by atoms with Crippen LogP contribution >= 0.6 is 0 Å². The summed E-state index contributed by atoms with van der Waals surface area (Å²) in [5.74, 6) is -0.358. The molecule has 1 heterocycles. The van der Waals surface area contributed by atoms with E-state index in [4.69, 9.17) is 5.73 Å². The van der Waals surface area contributed by atoms with Gasteiger partial charge in [-0.05, 0) is 25.0 Å². The van der Waals surface area contributed by atoms with E-state index in [1.165, 1.54) is 13.3 Å².